The van der Waals surface area contributed by atoms with Crippen molar-refractivity contribution >= 4 is 61.0 Å². The van der Waals surface area contributed by atoms with Crippen LogP contribution in [0.25, 0.3) is 0 Å². The van der Waals surface area contributed by atoms with Crippen molar-refractivity contribution in [1.82, 2.24) is 5.32 Å². The van der Waals surface area contributed by atoms with Crippen LogP contribution >= 0.6 is 43.2 Å². The largest absolute Gasteiger partial charge is 0.480 e. The molecular weight excluding hydrogens is 392 g/mol. The first-order chi connectivity index (χ1) is 8.31. The van der Waals surface area contributed by atoms with E-state index in [2.05, 4.69) is 37.2 Å². The van der Waals surface area contributed by atoms with Gasteiger partial charge in [-0.15, -0.1) is 11.3 Å². The molecule has 1 rings (SSSR count). The summed E-state index contributed by atoms with van der Waals surface area (Å²) in [7, 11) is 0. The number of nitrogens with two attached hydrogens (primary N) is 1. The molecule has 0 saturated heterocycles. The Morgan fingerprint density at radius 3 is 2.44 bits per heavy atom. The molecule has 0 aliphatic rings. The van der Waals surface area contributed by atoms with Gasteiger partial charge >= 0.3 is 5.97 Å². The van der Waals surface area contributed by atoms with Crippen molar-refractivity contribution in [3.8, 4) is 0 Å². The number of amides is 2. The lowest BCUT2D eigenvalue weighted by molar-refractivity contribution is -0.140. The van der Waals surface area contributed by atoms with Crippen LogP contribution < -0.4 is 11.1 Å². The third-order valence-electron chi connectivity index (χ3n) is 1.91. The molecule has 1 aromatic rings. The number of halogens is 2. The maximum Gasteiger partial charge on any atom is 0.326 e. The van der Waals surface area contributed by atoms with E-state index in [4.69, 9.17) is 10.8 Å². The molecule has 0 aromatic carbocycles. The van der Waals surface area contributed by atoms with E-state index in [0.29, 0.717) is 9.35 Å². The summed E-state index contributed by atoms with van der Waals surface area (Å²) in [4.78, 5) is 33.4. The molecular formula is C9H8Br2N2O4S. The normalized spacial score (nSPS) is 11.9. The molecule has 1 aromatic heterocycles. The zero-order chi connectivity index (χ0) is 13.9. The Labute approximate surface area is 123 Å². The van der Waals surface area contributed by atoms with Crippen LogP contribution in [-0.2, 0) is 9.59 Å². The average molecular weight is 400 g/mol. The summed E-state index contributed by atoms with van der Waals surface area (Å²) >= 11 is 7.67. The predicted molar refractivity (Wildman–Crippen MR) is 72.4 cm³/mol. The molecule has 1 heterocycles. The Hall–Kier alpha value is -0.930. The molecule has 0 bridgehead atoms. The summed E-state index contributed by atoms with van der Waals surface area (Å²) < 4.78 is 1.29. The second-order valence-electron chi connectivity index (χ2n) is 3.27. The molecule has 18 heavy (non-hydrogen) atoms. The van der Waals surface area contributed by atoms with Crippen LogP contribution in [0, 0.1) is 0 Å². The van der Waals surface area contributed by atoms with Crippen LogP contribution in [0.2, 0.25) is 0 Å². The van der Waals surface area contributed by atoms with Crippen molar-refractivity contribution in [3.63, 3.8) is 0 Å². The van der Waals surface area contributed by atoms with Gasteiger partial charge in [-0.2, -0.15) is 0 Å². The summed E-state index contributed by atoms with van der Waals surface area (Å²) in [6, 6.07) is 0.216. The van der Waals surface area contributed by atoms with Gasteiger partial charge < -0.3 is 16.2 Å². The lowest BCUT2D eigenvalue weighted by atomic mass is 10.2. The molecule has 0 spiro atoms. The average Bonchev–Trinajstić information content (AvgIpc) is 2.56. The molecule has 4 N–H and O–H groups in total. The molecule has 6 nitrogen and oxygen atoms in total. The number of primary amides is 1. The van der Waals surface area contributed by atoms with Crippen molar-refractivity contribution in [1.29, 1.82) is 0 Å². The molecule has 0 aliphatic heterocycles. The number of hydrogen-bond acceptors (Lipinski definition) is 4. The second-order valence-corrected chi connectivity index (χ2v) is 7.02. The van der Waals surface area contributed by atoms with Crippen LogP contribution in [0.15, 0.2) is 13.6 Å². The number of rotatable bonds is 5. The Morgan fingerprint density at radius 1 is 1.44 bits per heavy atom. The molecule has 0 radical (unpaired) electrons. The lowest BCUT2D eigenvalue weighted by Crippen LogP contribution is -2.43. The van der Waals surface area contributed by atoms with Gasteiger partial charge in [-0.3, -0.25) is 9.59 Å². The van der Waals surface area contributed by atoms with Gasteiger partial charge in [0, 0.05) is 0 Å². The van der Waals surface area contributed by atoms with Crippen molar-refractivity contribution < 1.29 is 19.5 Å². The molecule has 0 aliphatic carbocycles. The fraction of sp³-hybridized carbons (Fsp3) is 0.222. The minimum atomic E-state index is -1.33. The van der Waals surface area contributed by atoms with Gasteiger partial charge in [0.15, 0.2) is 0 Å². The topological polar surface area (TPSA) is 109 Å². The summed E-state index contributed by atoms with van der Waals surface area (Å²) in [5, 5.41) is 11.1. The minimum Gasteiger partial charge on any atom is -0.480 e. The lowest BCUT2D eigenvalue weighted by Gasteiger charge is -2.12. The molecule has 1 atom stereocenters. The third kappa shape index (κ3) is 4.07. The SMILES string of the molecule is NC(=O)C[C@H](NC(=O)c1cc(Br)sc1Br)C(=O)O. The van der Waals surface area contributed by atoms with Crippen molar-refractivity contribution in [3.05, 3.63) is 19.2 Å². The number of carboxylic acids is 1. The Morgan fingerprint density at radius 2 is 2.06 bits per heavy atom. The summed E-state index contributed by atoms with van der Waals surface area (Å²) in [5.41, 5.74) is 5.21. The van der Waals surface area contributed by atoms with Gasteiger partial charge in [-0.05, 0) is 37.9 Å². The molecule has 0 unspecified atom stereocenters. The van der Waals surface area contributed by atoms with Crippen LogP contribution in [-0.4, -0.2) is 28.9 Å². The maximum atomic E-state index is 11.8. The van der Waals surface area contributed by atoms with E-state index in [1.165, 1.54) is 11.3 Å². The number of aliphatic carboxylic acids is 1. The number of nitrogens with one attached hydrogen (secondary N) is 1. The van der Waals surface area contributed by atoms with E-state index in [1.807, 2.05) is 0 Å². The monoisotopic (exact) mass is 398 g/mol. The summed E-state index contributed by atoms with van der Waals surface area (Å²) in [6.45, 7) is 0. The van der Waals surface area contributed by atoms with Gasteiger partial charge in [-0.25, -0.2) is 4.79 Å². The highest BCUT2D eigenvalue weighted by atomic mass is 79.9. The van der Waals surface area contributed by atoms with Crippen LogP contribution in [0.1, 0.15) is 16.8 Å². The standard InChI is InChI=1S/C9H8Br2N2O4S/c10-5-1-3(7(11)18-5)8(15)13-4(9(16)17)2-6(12)14/h1,4H,2H2,(H2,12,14)(H,13,15)(H,16,17)/t4-/m0/s1. The first kappa shape index (κ1) is 15.1. The second kappa shape index (κ2) is 6.30. The van der Waals surface area contributed by atoms with Crippen molar-refractivity contribution in [2.24, 2.45) is 5.73 Å². The third-order valence-corrected chi connectivity index (χ3v) is 4.25. The van der Waals surface area contributed by atoms with Crippen LogP contribution in [0.4, 0.5) is 0 Å². The van der Waals surface area contributed by atoms with E-state index < -0.39 is 30.2 Å². The predicted octanol–water partition coefficient (Wildman–Crippen LogP) is 1.33. The van der Waals surface area contributed by atoms with Gasteiger partial charge in [0.1, 0.15) is 6.04 Å². The van der Waals surface area contributed by atoms with E-state index in [1.54, 1.807) is 6.07 Å². The zero-order valence-corrected chi connectivity index (χ0v) is 12.8. The Balaban J connectivity index is 2.81. The van der Waals surface area contributed by atoms with E-state index >= 15 is 0 Å². The summed E-state index contributed by atoms with van der Waals surface area (Å²) in [5.74, 6) is -2.70. The fourth-order valence-electron chi connectivity index (χ4n) is 1.13. The highest BCUT2D eigenvalue weighted by Crippen LogP contribution is 2.31. The molecule has 0 saturated carbocycles. The van der Waals surface area contributed by atoms with Crippen molar-refractivity contribution in [2.75, 3.05) is 0 Å². The first-order valence-corrected chi connectivity index (χ1v) is 6.98. The van der Waals surface area contributed by atoms with Gasteiger partial charge in [0.25, 0.3) is 5.91 Å². The molecule has 2 amide bonds. The van der Waals surface area contributed by atoms with Gasteiger partial charge in [0.05, 0.1) is 19.6 Å². The fourth-order valence-corrected chi connectivity index (χ4v) is 3.93. The maximum absolute atomic E-state index is 11.8. The van der Waals surface area contributed by atoms with Crippen LogP contribution in [0.3, 0.4) is 0 Å². The quantitative estimate of drug-likeness (QED) is 0.693. The molecule has 0 fully saturated rings. The zero-order valence-electron chi connectivity index (χ0n) is 8.78. The van der Waals surface area contributed by atoms with E-state index in [9.17, 15) is 14.4 Å². The van der Waals surface area contributed by atoms with Gasteiger partial charge in [0.2, 0.25) is 5.91 Å². The minimum absolute atomic E-state index is 0.294. The number of carbonyl (C=O) groups excluding carboxylic acids is 2. The number of carbonyl (C=O) groups is 3. The molecule has 9 heteroatoms. The Bertz CT molecular complexity index is 503. The first-order valence-electron chi connectivity index (χ1n) is 4.58. The molecule has 98 valence electrons. The smallest absolute Gasteiger partial charge is 0.326 e. The highest BCUT2D eigenvalue weighted by Gasteiger charge is 2.24. The summed E-state index contributed by atoms with van der Waals surface area (Å²) in [6.07, 6.45) is -0.454. The number of thiophene rings is 1. The van der Waals surface area contributed by atoms with Crippen LogP contribution in [0.5, 0.6) is 0 Å². The van der Waals surface area contributed by atoms with E-state index in [0.717, 1.165) is 3.79 Å². The number of carboxylic acid groups (broad SMARTS) is 1. The van der Waals surface area contributed by atoms with E-state index in [-0.39, 0.29) is 0 Å². The van der Waals surface area contributed by atoms with Crippen molar-refractivity contribution in [2.45, 2.75) is 12.5 Å². The highest BCUT2D eigenvalue weighted by molar-refractivity contribution is 9.12. The Kier molecular flexibility index (Phi) is 5.29. The number of hydrogen-bond donors (Lipinski definition) is 3. The van der Waals surface area contributed by atoms with Gasteiger partial charge in [-0.1, -0.05) is 0 Å².